The second-order valence-electron chi connectivity index (χ2n) is 6.38. The number of amides is 1. The zero-order chi connectivity index (χ0) is 16.1. The fourth-order valence-corrected chi connectivity index (χ4v) is 4.37. The van der Waals surface area contributed by atoms with Crippen LogP contribution in [0.4, 0.5) is 0 Å². The third-order valence-corrected chi connectivity index (χ3v) is 5.86. The van der Waals surface area contributed by atoms with Gasteiger partial charge in [0.15, 0.2) is 0 Å². The summed E-state index contributed by atoms with van der Waals surface area (Å²) in [5.74, 6) is 0.393. The van der Waals surface area contributed by atoms with Crippen molar-refractivity contribution in [1.82, 2.24) is 15.5 Å². The van der Waals surface area contributed by atoms with Gasteiger partial charge in [0.1, 0.15) is 0 Å². The van der Waals surface area contributed by atoms with Crippen molar-refractivity contribution in [3.8, 4) is 0 Å². The van der Waals surface area contributed by atoms with E-state index in [0.29, 0.717) is 6.54 Å². The van der Waals surface area contributed by atoms with Crippen LogP contribution in [0, 0.1) is 12.8 Å². The molecule has 3 rings (SSSR count). The fraction of sp³-hybridized carbons (Fsp3) is 0.706. The summed E-state index contributed by atoms with van der Waals surface area (Å²) in [5, 5.41) is 6.53. The normalized spacial score (nSPS) is 22.0. The van der Waals surface area contributed by atoms with Crippen LogP contribution in [0.5, 0.6) is 0 Å². The molecular formula is C17H27N3O2S. The number of nitrogens with one attached hydrogen (secondary N) is 2. The Morgan fingerprint density at radius 2 is 2.13 bits per heavy atom. The first-order chi connectivity index (χ1) is 11.2. The van der Waals surface area contributed by atoms with Gasteiger partial charge in [-0.05, 0) is 45.0 Å². The highest BCUT2D eigenvalue weighted by Crippen LogP contribution is 2.28. The number of hydrogen-bond acceptors (Lipinski definition) is 5. The van der Waals surface area contributed by atoms with Gasteiger partial charge in [-0.15, -0.1) is 11.3 Å². The maximum absolute atomic E-state index is 12.4. The minimum atomic E-state index is 0.173. The summed E-state index contributed by atoms with van der Waals surface area (Å²) in [6.07, 6.45) is 1.90. The van der Waals surface area contributed by atoms with E-state index in [2.05, 4.69) is 34.6 Å². The van der Waals surface area contributed by atoms with E-state index in [-0.39, 0.29) is 17.9 Å². The maximum Gasteiger partial charge on any atom is 0.223 e. The molecule has 1 aromatic rings. The minimum Gasteiger partial charge on any atom is -0.379 e. The van der Waals surface area contributed by atoms with Crippen molar-refractivity contribution < 1.29 is 9.53 Å². The van der Waals surface area contributed by atoms with Crippen molar-refractivity contribution in [2.45, 2.75) is 25.8 Å². The number of hydrogen-bond donors (Lipinski definition) is 2. The number of carbonyl (C=O) groups excluding carboxylic acids is 1. The summed E-state index contributed by atoms with van der Waals surface area (Å²) in [6.45, 7) is 8.17. The van der Waals surface area contributed by atoms with E-state index < -0.39 is 0 Å². The van der Waals surface area contributed by atoms with Crippen molar-refractivity contribution >= 4 is 17.2 Å². The Kier molecular flexibility index (Phi) is 6.05. The summed E-state index contributed by atoms with van der Waals surface area (Å²) >= 11 is 1.83. The first-order valence-corrected chi connectivity index (χ1v) is 9.42. The molecule has 2 saturated heterocycles. The minimum absolute atomic E-state index is 0.173. The maximum atomic E-state index is 12.4. The lowest BCUT2D eigenvalue weighted by Crippen LogP contribution is -2.45. The molecule has 1 aromatic heterocycles. The molecule has 3 heterocycles. The standard InChI is InChI=1S/C17H27N3O2S/c1-13-2-3-16(23-13)15(20-8-10-22-11-9-20)12-19-17(21)14-4-6-18-7-5-14/h2-3,14-15,18H,4-12H2,1H3,(H,19,21). The first kappa shape index (κ1) is 16.9. The molecule has 2 aliphatic heterocycles. The van der Waals surface area contributed by atoms with Gasteiger partial charge in [0.05, 0.1) is 19.3 Å². The van der Waals surface area contributed by atoms with Crippen LogP contribution in [-0.2, 0) is 9.53 Å². The van der Waals surface area contributed by atoms with E-state index in [1.807, 2.05) is 11.3 Å². The number of rotatable bonds is 5. The lowest BCUT2D eigenvalue weighted by Gasteiger charge is -2.34. The Morgan fingerprint density at radius 1 is 1.39 bits per heavy atom. The summed E-state index contributed by atoms with van der Waals surface area (Å²) in [4.78, 5) is 17.5. The smallest absolute Gasteiger partial charge is 0.223 e. The van der Waals surface area contributed by atoms with Gasteiger partial charge >= 0.3 is 0 Å². The van der Waals surface area contributed by atoms with E-state index in [4.69, 9.17) is 4.74 Å². The number of morpholine rings is 1. The number of thiophene rings is 1. The van der Waals surface area contributed by atoms with Gasteiger partial charge in [0.25, 0.3) is 0 Å². The predicted molar refractivity (Wildman–Crippen MR) is 92.8 cm³/mol. The van der Waals surface area contributed by atoms with Crippen molar-refractivity contribution in [1.29, 1.82) is 0 Å². The molecule has 0 saturated carbocycles. The van der Waals surface area contributed by atoms with Gasteiger partial charge in [0.2, 0.25) is 5.91 Å². The molecule has 1 amide bonds. The lowest BCUT2D eigenvalue weighted by molar-refractivity contribution is -0.126. The molecule has 0 aromatic carbocycles. The highest BCUT2D eigenvalue weighted by atomic mass is 32.1. The molecule has 6 heteroatoms. The van der Waals surface area contributed by atoms with Crippen LogP contribution in [0.2, 0.25) is 0 Å². The molecule has 128 valence electrons. The van der Waals surface area contributed by atoms with E-state index in [9.17, 15) is 4.79 Å². The summed E-state index contributed by atoms with van der Waals surface area (Å²) in [6, 6.07) is 4.64. The quantitative estimate of drug-likeness (QED) is 0.856. The highest BCUT2D eigenvalue weighted by molar-refractivity contribution is 7.12. The summed E-state index contributed by atoms with van der Waals surface area (Å²) in [7, 11) is 0. The van der Waals surface area contributed by atoms with Gasteiger partial charge in [-0.2, -0.15) is 0 Å². The van der Waals surface area contributed by atoms with Gasteiger partial charge in [-0.25, -0.2) is 0 Å². The Morgan fingerprint density at radius 3 is 2.78 bits per heavy atom. The molecule has 2 fully saturated rings. The van der Waals surface area contributed by atoms with Gasteiger partial charge < -0.3 is 15.4 Å². The molecule has 2 aliphatic rings. The van der Waals surface area contributed by atoms with Gasteiger partial charge in [0, 0.05) is 35.3 Å². The van der Waals surface area contributed by atoms with E-state index >= 15 is 0 Å². The SMILES string of the molecule is Cc1ccc(C(CNC(=O)C2CCNCC2)N2CCOCC2)s1. The summed E-state index contributed by atoms with van der Waals surface area (Å²) in [5.41, 5.74) is 0. The van der Waals surface area contributed by atoms with Crippen molar-refractivity contribution in [2.24, 2.45) is 5.92 Å². The van der Waals surface area contributed by atoms with Crippen LogP contribution in [0.25, 0.3) is 0 Å². The van der Waals surface area contributed by atoms with Gasteiger partial charge in [-0.3, -0.25) is 9.69 Å². The fourth-order valence-electron chi connectivity index (χ4n) is 3.36. The van der Waals surface area contributed by atoms with Crippen LogP contribution in [-0.4, -0.2) is 56.7 Å². The Balaban J connectivity index is 1.62. The molecule has 23 heavy (non-hydrogen) atoms. The Labute approximate surface area is 142 Å². The molecule has 0 bridgehead atoms. The lowest BCUT2D eigenvalue weighted by atomic mass is 9.97. The van der Waals surface area contributed by atoms with Crippen LogP contribution < -0.4 is 10.6 Å². The second-order valence-corrected chi connectivity index (χ2v) is 7.70. The largest absolute Gasteiger partial charge is 0.379 e. The van der Waals surface area contributed by atoms with E-state index in [1.165, 1.54) is 9.75 Å². The topological polar surface area (TPSA) is 53.6 Å². The Hall–Kier alpha value is -0.950. The van der Waals surface area contributed by atoms with Gasteiger partial charge in [-0.1, -0.05) is 0 Å². The molecular weight excluding hydrogens is 310 g/mol. The molecule has 0 spiro atoms. The number of piperidine rings is 1. The number of aryl methyl sites for hydroxylation is 1. The average molecular weight is 337 g/mol. The molecule has 0 radical (unpaired) electrons. The zero-order valence-electron chi connectivity index (χ0n) is 13.8. The number of ether oxygens (including phenoxy) is 1. The van der Waals surface area contributed by atoms with Crippen LogP contribution in [0.15, 0.2) is 12.1 Å². The van der Waals surface area contributed by atoms with Crippen molar-refractivity contribution in [3.63, 3.8) is 0 Å². The van der Waals surface area contributed by atoms with E-state index in [0.717, 1.165) is 52.2 Å². The van der Waals surface area contributed by atoms with Crippen LogP contribution in [0.3, 0.4) is 0 Å². The molecule has 1 unspecified atom stereocenters. The third-order valence-electron chi connectivity index (χ3n) is 4.76. The number of nitrogens with zero attached hydrogens (tertiary/aromatic N) is 1. The van der Waals surface area contributed by atoms with Crippen molar-refractivity contribution in [3.05, 3.63) is 21.9 Å². The highest BCUT2D eigenvalue weighted by Gasteiger charge is 2.26. The zero-order valence-corrected chi connectivity index (χ0v) is 14.7. The predicted octanol–water partition coefficient (Wildman–Crippen LogP) is 1.55. The molecule has 2 N–H and O–H groups in total. The van der Waals surface area contributed by atoms with Crippen LogP contribution >= 0.6 is 11.3 Å². The van der Waals surface area contributed by atoms with E-state index in [1.54, 1.807) is 0 Å². The summed E-state index contributed by atoms with van der Waals surface area (Å²) < 4.78 is 5.48. The molecule has 5 nitrogen and oxygen atoms in total. The second kappa shape index (κ2) is 8.24. The first-order valence-electron chi connectivity index (χ1n) is 8.60. The molecule has 1 atom stereocenters. The molecule has 0 aliphatic carbocycles. The van der Waals surface area contributed by atoms with Crippen LogP contribution in [0.1, 0.15) is 28.6 Å². The Bertz CT molecular complexity index is 508. The average Bonchev–Trinajstić information content (AvgIpc) is 3.03. The van der Waals surface area contributed by atoms with Crippen molar-refractivity contribution in [2.75, 3.05) is 45.9 Å². The third kappa shape index (κ3) is 4.53. The monoisotopic (exact) mass is 337 g/mol. The number of carbonyl (C=O) groups is 1.